The number of rotatable bonds is 7. The molecule has 110 valence electrons. The topological polar surface area (TPSA) is 124 Å². The number of nitrogens with one attached hydrogen (secondary N) is 1. The number of hydrogen-bond donors (Lipinski definition) is 2. The third-order valence-electron chi connectivity index (χ3n) is 2.97. The van der Waals surface area contributed by atoms with Gasteiger partial charge in [-0.25, -0.2) is 9.97 Å². The summed E-state index contributed by atoms with van der Waals surface area (Å²) in [4.78, 5) is 29.2. The van der Waals surface area contributed by atoms with Crippen molar-refractivity contribution in [2.24, 2.45) is 5.73 Å². The molecule has 0 unspecified atom stereocenters. The highest BCUT2D eigenvalue weighted by Gasteiger charge is 2.10. The summed E-state index contributed by atoms with van der Waals surface area (Å²) in [5.74, 6) is 0.223. The molecule has 8 heteroatoms. The zero-order valence-corrected chi connectivity index (χ0v) is 11.3. The van der Waals surface area contributed by atoms with Gasteiger partial charge in [0.25, 0.3) is 5.69 Å². The van der Waals surface area contributed by atoms with E-state index in [-0.39, 0.29) is 11.6 Å². The van der Waals surface area contributed by atoms with Crippen LogP contribution in [0.3, 0.4) is 0 Å². The molecule has 1 aromatic carbocycles. The van der Waals surface area contributed by atoms with Crippen LogP contribution in [0.5, 0.6) is 0 Å². The first-order valence-corrected chi connectivity index (χ1v) is 6.49. The molecule has 0 atom stereocenters. The molecule has 0 radical (unpaired) electrons. The van der Waals surface area contributed by atoms with Crippen LogP contribution in [0.4, 0.5) is 11.5 Å². The zero-order valence-electron chi connectivity index (χ0n) is 11.3. The Morgan fingerprint density at radius 2 is 2.14 bits per heavy atom. The molecular weight excluding hydrogens is 274 g/mol. The maximum atomic E-state index is 10.8. The van der Waals surface area contributed by atoms with E-state index in [1.54, 1.807) is 6.07 Å². The van der Waals surface area contributed by atoms with Crippen molar-refractivity contribution < 1.29 is 9.72 Å². The van der Waals surface area contributed by atoms with Crippen molar-refractivity contribution in [3.63, 3.8) is 0 Å². The smallest absolute Gasteiger partial charge is 0.270 e. The third kappa shape index (κ3) is 3.85. The molecule has 0 bridgehead atoms. The maximum absolute atomic E-state index is 10.8. The first-order chi connectivity index (χ1) is 10.1. The molecule has 21 heavy (non-hydrogen) atoms. The zero-order chi connectivity index (χ0) is 15.2. The van der Waals surface area contributed by atoms with Crippen molar-refractivity contribution in [1.29, 1.82) is 0 Å². The summed E-state index contributed by atoms with van der Waals surface area (Å²) in [5.41, 5.74) is 5.69. The van der Waals surface area contributed by atoms with Crippen molar-refractivity contribution in [3.05, 3.63) is 34.6 Å². The standard InChI is InChI=1S/C13H15N5O3/c14-12(19)3-1-2-6-15-13-10-7-9(18(20)21)4-5-11(10)16-8-17-13/h4-5,7-8H,1-3,6H2,(H2,14,19)(H,15,16,17). The maximum Gasteiger partial charge on any atom is 0.270 e. The van der Waals surface area contributed by atoms with E-state index in [0.29, 0.717) is 36.1 Å². The Bertz CT molecular complexity index is 674. The number of benzene rings is 1. The Kier molecular flexibility index (Phi) is 4.60. The second-order valence-electron chi connectivity index (χ2n) is 4.53. The molecule has 2 rings (SSSR count). The molecule has 0 saturated carbocycles. The van der Waals surface area contributed by atoms with E-state index in [1.165, 1.54) is 18.5 Å². The number of nitro benzene ring substituents is 1. The van der Waals surface area contributed by atoms with E-state index in [4.69, 9.17) is 5.73 Å². The average Bonchev–Trinajstić information content (AvgIpc) is 2.46. The Morgan fingerprint density at radius 3 is 2.86 bits per heavy atom. The minimum Gasteiger partial charge on any atom is -0.370 e. The number of non-ortho nitro benzene ring substituents is 1. The highest BCUT2D eigenvalue weighted by atomic mass is 16.6. The van der Waals surface area contributed by atoms with Crippen LogP contribution >= 0.6 is 0 Å². The number of nitrogens with zero attached hydrogens (tertiary/aromatic N) is 3. The van der Waals surface area contributed by atoms with Crippen LogP contribution in [0, 0.1) is 10.1 Å². The van der Waals surface area contributed by atoms with Crippen molar-refractivity contribution in [1.82, 2.24) is 9.97 Å². The molecule has 0 spiro atoms. The van der Waals surface area contributed by atoms with Crippen molar-refractivity contribution >= 4 is 28.3 Å². The molecule has 0 aliphatic rings. The number of primary amides is 1. The number of nitro groups is 1. The Labute approximate surface area is 120 Å². The van der Waals surface area contributed by atoms with Gasteiger partial charge in [-0.2, -0.15) is 0 Å². The Hall–Kier alpha value is -2.77. The van der Waals surface area contributed by atoms with Gasteiger partial charge in [0.05, 0.1) is 10.4 Å². The van der Waals surface area contributed by atoms with E-state index < -0.39 is 4.92 Å². The molecule has 0 fully saturated rings. The molecule has 1 heterocycles. The summed E-state index contributed by atoms with van der Waals surface area (Å²) in [6.07, 6.45) is 3.19. The summed E-state index contributed by atoms with van der Waals surface area (Å²) < 4.78 is 0. The lowest BCUT2D eigenvalue weighted by Gasteiger charge is -2.07. The molecule has 0 saturated heterocycles. The fourth-order valence-corrected chi connectivity index (χ4v) is 1.93. The van der Waals surface area contributed by atoms with Crippen LogP contribution in [0.1, 0.15) is 19.3 Å². The Morgan fingerprint density at radius 1 is 1.33 bits per heavy atom. The lowest BCUT2D eigenvalue weighted by molar-refractivity contribution is -0.384. The van der Waals surface area contributed by atoms with Crippen LogP contribution in [0.25, 0.3) is 10.9 Å². The predicted octanol–water partition coefficient (Wildman–Crippen LogP) is 1.61. The van der Waals surface area contributed by atoms with Gasteiger partial charge in [0.2, 0.25) is 5.91 Å². The SMILES string of the molecule is NC(=O)CCCCNc1ncnc2ccc([N+](=O)[O-])cc12. The summed E-state index contributed by atoms with van der Waals surface area (Å²) in [7, 11) is 0. The number of aromatic nitrogens is 2. The first-order valence-electron chi connectivity index (χ1n) is 6.49. The number of nitrogens with two attached hydrogens (primary N) is 1. The van der Waals surface area contributed by atoms with Gasteiger partial charge in [0, 0.05) is 30.5 Å². The van der Waals surface area contributed by atoms with Crippen LogP contribution < -0.4 is 11.1 Å². The van der Waals surface area contributed by atoms with E-state index in [2.05, 4.69) is 15.3 Å². The largest absolute Gasteiger partial charge is 0.370 e. The Balaban J connectivity index is 2.10. The van der Waals surface area contributed by atoms with E-state index in [1.807, 2.05) is 0 Å². The quantitative estimate of drug-likeness (QED) is 0.453. The monoisotopic (exact) mass is 289 g/mol. The van der Waals surface area contributed by atoms with E-state index in [0.717, 1.165) is 6.42 Å². The van der Waals surface area contributed by atoms with Crippen LogP contribution in [-0.2, 0) is 4.79 Å². The summed E-state index contributed by atoms with van der Waals surface area (Å²) in [6.45, 7) is 0.599. The molecule has 0 aliphatic heterocycles. The molecule has 1 amide bonds. The van der Waals surface area contributed by atoms with Gasteiger partial charge in [0.1, 0.15) is 12.1 Å². The lowest BCUT2D eigenvalue weighted by Crippen LogP contribution is -2.11. The number of anilines is 1. The molecule has 8 nitrogen and oxygen atoms in total. The highest BCUT2D eigenvalue weighted by molar-refractivity contribution is 5.90. The fourth-order valence-electron chi connectivity index (χ4n) is 1.93. The van der Waals surface area contributed by atoms with E-state index in [9.17, 15) is 14.9 Å². The number of fused-ring (bicyclic) bond motifs is 1. The summed E-state index contributed by atoms with van der Waals surface area (Å²) in [6, 6.07) is 4.44. The van der Waals surface area contributed by atoms with Gasteiger partial charge in [-0.1, -0.05) is 0 Å². The van der Waals surface area contributed by atoms with Gasteiger partial charge in [-0.05, 0) is 18.9 Å². The minimum atomic E-state index is -0.455. The molecule has 0 aliphatic carbocycles. The lowest BCUT2D eigenvalue weighted by atomic mass is 10.2. The average molecular weight is 289 g/mol. The highest BCUT2D eigenvalue weighted by Crippen LogP contribution is 2.24. The third-order valence-corrected chi connectivity index (χ3v) is 2.97. The second kappa shape index (κ2) is 6.60. The van der Waals surface area contributed by atoms with Crippen molar-refractivity contribution in [3.8, 4) is 0 Å². The number of hydrogen-bond acceptors (Lipinski definition) is 6. The fraction of sp³-hybridized carbons (Fsp3) is 0.308. The predicted molar refractivity (Wildman–Crippen MR) is 77.7 cm³/mol. The van der Waals surface area contributed by atoms with Crippen LogP contribution in [0.15, 0.2) is 24.5 Å². The van der Waals surface area contributed by atoms with Crippen molar-refractivity contribution in [2.75, 3.05) is 11.9 Å². The number of carbonyl (C=O) groups is 1. The summed E-state index contributed by atoms with van der Waals surface area (Å²) in [5, 5.41) is 14.5. The van der Waals surface area contributed by atoms with Gasteiger partial charge in [-0.15, -0.1) is 0 Å². The second-order valence-corrected chi connectivity index (χ2v) is 4.53. The van der Waals surface area contributed by atoms with Crippen LogP contribution in [-0.4, -0.2) is 27.3 Å². The van der Waals surface area contributed by atoms with Gasteiger partial charge in [0.15, 0.2) is 0 Å². The van der Waals surface area contributed by atoms with Crippen LogP contribution in [0.2, 0.25) is 0 Å². The molecular formula is C13H15N5O3. The van der Waals surface area contributed by atoms with Gasteiger partial charge in [-0.3, -0.25) is 14.9 Å². The first kappa shape index (κ1) is 14.6. The van der Waals surface area contributed by atoms with E-state index >= 15 is 0 Å². The molecule has 1 aromatic heterocycles. The van der Waals surface area contributed by atoms with Crippen molar-refractivity contribution in [2.45, 2.75) is 19.3 Å². The number of carbonyl (C=O) groups excluding carboxylic acids is 1. The number of amides is 1. The number of unbranched alkanes of at least 4 members (excludes halogenated alkanes) is 1. The molecule has 3 N–H and O–H groups in total. The molecule has 2 aromatic rings. The normalized spacial score (nSPS) is 10.5. The summed E-state index contributed by atoms with van der Waals surface area (Å²) >= 11 is 0. The van der Waals surface area contributed by atoms with Gasteiger partial charge < -0.3 is 11.1 Å². The minimum absolute atomic E-state index is 0.00548. The van der Waals surface area contributed by atoms with Gasteiger partial charge >= 0.3 is 0 Å².